The molecular formula is C15H17ClN2O3. The zero-order valence-electron chi connectivity index (χ0n) is 11.7. The number of benzene rings is 1. The van der Waals surface area contributed by atoms with Crippen molar-refractivity contribution in [3.8, 4) is 11.3 Å². The summed E-state index contributed by atoms with van der Waals surface area (Å²) >= 11 is 5.93. The van der Waals surface area contributed by atoms with Gasteiger partial charge in [-0.1, -0.05) is 35.8 Å². The van der Waals surface area contributed by atoms with Gasteiger partial charge in [0.05, 0.1) is 0 Å². The first-order valence-electron chi connectivity index (χ1n) is 6.78. The van der Waals surface area contributed by atoms with E-state index in [-0.39, 0.29) is 24.3 Å². The lowest BCUT2D eigenvalue weighted by molar-refractivity contribution is 0.0892. The molecule has 2 rings (SSSR count). The maximum Gasteiger partial charge on any atom is 0.290 e. The second kappa shape index (κ2) is 7.24. The van der Waals surface area contributed by atoms with Gasteiger partial charge in [-0.15, -0.1) is 0 Å². The lowest BCUT2D eigenvalue weighted by Gasteiger charge is -2.13. The van der Waals surface area contributed by atoms with E-state index in [2.05, 4.69) is 10.5 Å². The lowest BCUT2D eigenvalue weighted by atomic mass is 10.1. The van der Waals surface area contributed by atoms with Crippen LogP contribution in [0.3, 0.4) is 0 Å². The normalized spacial score (nSPS) is 12.1. The molecule has 0 aliphatic rings. The minimum Gasteiger partial charge on any atom is -0.396 e. The smallest absolute Gasteiger partial charge is 0.290 e. The van der Waals surface area contributed by atoms with Gasteiger partial charge in [-0.2, -0.15) is 0 Å². The fourth-order valence-corrected chi connectivity index (χ4v) is 2.15. The molecule has 2 N–H and O–H groups in total. The van der Waals surface area contributed by atoms with E-state index in [1.165, 1.54) is 0 Å². The van der Waals surface area contributed by atoms with E-state index < -0.39 is 0 Å². The fraction of sp³-hybridized carbons (Fsp3) is 0.333. The standard InChI is InChI=1S/C15H17ClN2O3/c1-2-12(6-7-19)17-15(20)14-9-13(18-21-14)10-4-3-5-11(16)8-10/h3-5,8-9,12,19H,2,6-7H2,1H3,(H,17,20). The Bertz CT molecular complexity index is 612. The minimum atomic E-state index is -0.337. The van der Waals surface area contributed by atoms with Crippen molar-refractivity contribution in [2.24, 2.45) is 0 Å². The average Bonchev–Trinajstić information content (AvgIpc) is 2.96. The summed E-state index contributed by atoms with van der Waals surface area (Å²) < 4.78 is 5.08. The molecule has 1 aromatic carbocycles. The molecule has 0 spiro atoms. The third-order valence-electron chi connectivity index (χ3n) is 3.16. The van der Waals surface area contributed by atoms with Crippen molar-refractivity contribution >= 4 is 17.5 Å². The number of carbonyl (C=O) groups is 1. The SMILES string of the molecule is CCC(CCO)NC(=O)c1cc(-c2cccc(Cl)c2)no1. The Hall–Kier alpha value is -1.85. The highest BCUT2D eigenvalue weighted by molar-refractivity contribution is 6.30. The summed E-state index contributed by atoms with van der Waals surface area (Å²) in [5, 5.41) is 16.2. The first-order chi connectivity index (χ1) is 10.1. The van der Waals surface area contributed by atoms with Crippen molar-refractivity contribution in [1.29, 1.82) is 0 Å². The number of hydrogen-bond donors (Lipinski definition) is 2. The Labute approximate surface area is 127 Å². The first-order valence-corrected chi connectivity index (χ1v) is 7.16. The molecule has 1 aromatic heterocycles. The van der Waals surface area contributed by atoms with E-state index in [9.17, 15) is 4.79 Å². The van der Waals surface area contributed by atoms with Crippen LogP contribution in [0.5, 0.6) is 0 Å². The van der Waals surface area contributed by atoms with Crippen molar-refractivity contribution in [3.63, 3.8) is 0 Å². The molecule has 1 atom stereocenters. The highest BCUT2D eigenvalue weighted by Gasteiger charge is 2.17. The number of aliphatic hydroxyl groups excluding tert-OH is 1. The Kier molecular flexibility index (Phi) is 5.36. The largest absolute Gasteiger partial charge is 0.396 e. The summed E-state index contributed by atoms with van der Waals surface area (Å²) in [7, 11) is 0. The second-order valence-corrected chi connectivity index (χ2v) is 5.11. The molecule has 0 aliphatic carbocycles. The van der Waals surface area contributed by atoms with Crippen molar-refractivity contribution in [2.45, 2.75) is 25.8 Å². The Balaban J connectivity index is 2.10. The van der Waals surface area contributed by atoms with Crippen LogP contribution in [0, 0.1) is 0 Å². The number of hydrogen-bond acceptors (Lipinski definition) is 4. The quantitative estimate of drug-likeness (QED) is 0.860. The molecule has 1 heterocycles. The first kappa shape index (κ1) is 15.5. The van der Waals surface area contributed by atoms with E-state index in [0.29, 0.717) is 17.1 Å². The molecule has 0 saturated carbocycles. The number of aromatic nitrogens is 1. The van der Waals surface area contributed by atoms with E-state index in [4.69, 9.17) is 21.2 Å². The van der Waals surface area contributed by atoms with Gasteiger partial charge in [0.25, 0.3) is 5.91 Å². The summed E-state index contributed by atoms with van der Waals surface area (Å²) in [6.07, 6.45) is 1.25. The van der Waals surface area contributed by atoms with Gasteiger partial charge in [0.2, 0.25) is 5.76 Å². The topological polar surface area (TPSA) is 75.4 Å². The monoisotopic (exact) mass is 308 g/mol. The van der Waals surface area contributed by atoms with Crippen molar-refractivity contribution in [2.75, 3.05) is 6.61 Å². The molecule has 1 amide bonds. The highest BCUT2D eigenvalue weighted by Crippen LogP contribution is 2.22. The second-order valence-electron chi connectivity index (χ2n) is 4.68. The van der Waals surface area contributed by atoms with E-state index in [1.54, 1.807) is 24.3 Å². The number of carbonyl (C=O) groups excluding carboxylic acids is 1. The van der Waals surface area contributed by atoms with Gasteiger partial charge in [-0.3, -0.25) is 4.79 Å². The molecule has 0 bridgehead atoms. The molecule has 0 fully saturated rings. The van der Waals surface area contributed by atoms with E-state index in [1.807, 2.05) is 13.0 Å². The van der Waals surface area contributed by atoms with Gasteiger partial charge in [0.15, 0.2) is 0 Å². The molecular weight excluding hydrogens is 292 g/mol. The third kappa shape index (κ3) is 4.06. The molecule has 0 radical (unpaired) electrons. The van der Waals surface area contributed by atoms with E-state index in [0.717, 1.165) is 12.0 Å². The maximum atomic E-state index is 12.0. The molecule has 2 aromatic rings. The van der Waals surface area contributed by atoms with Gasteiger partial charge in [-0.05, 0) is 25.0 Å². The van der Waals surface area contributed by atoms with Crippen LogP contribution in [-0.4, -0.2) is 28.8 Å². The minimum absolute atomic E-state index is 0.0307. The number of nitrogens with zero attached hydrogens (tertiary/aromatic N) is 1. The molecule has 0 aliphatic heterocycles. The lowest BCUT2D eigenvalue weighted by Crippen LogP contribution is -2.34. The van der Waals surface area contributed by atoms with Crippen LogP contribution in [0.25, 0.3) is 11.3 Å². The molecule has 6 heteroatoms. The van der Waals surface area contributed by atoms with Crippen LogP contribution in [0.15, 0.2) is 34.9 Å². The fourth-order valence-electron chi connectivity index (χ4n) is 1.96. The predicted octanol–water partition coefficient (Wildman–Crippen LogP) is 2.89. The van der Waals surface area contributed by atoms with E-state index >= 15 is 0 Å². The van der Waals surface area contributed by atoms with Crippen molar-refractivity contribution < 1.29 is 14.4 Å². The van der Waals surface area contributed by atoms with Gasteiger partial charge >= 0.3 is 0 Å². The number of rotatable bonds is 6. The number of nitrogens with one attached hydrogen (secondary N) is 1. The molecule has 0 saturated heterocycles. The third-order valence-corrected chi connectivity index (χ3v) is 3.40. The van der Waals surface area contributed by atoms with Crippen molar-refractivity contribution in [1.82, 2.24) is 10.5 Å². The van der Waals surface area contributed by atoms with Crippen LogP contribution in [0.2, 0.25) is 5.02 Å². The van der Waals surface area contributed by atoms with Gasteiger partial charge < -0.3 is 14.9 Å². The molecule has 112 valence electrons. The number of halogens is 1. The van der Waals surface area contributed by atoms with Crippen LogP contribution >= 0.6 is 11.6 Å². The summed E-state index contributed by atoms with van der Waals surface area (Å²) in [5.41, 5.74) is 1.34. The Morgan fingerprint density at radius 3 is 2.95 bits per heavy atom. The van der Waals surface area contributed by atoms with Gasteiger partial charge in [0, 0.05) is 29.3 Å². The van der Waals surface area contributed by atoms with Gasteiger partial charge in [-0.25, -0.2) is 0 Å². The van der Waals surface area contributed by atoms with Crippen LogP contribution in [-0.2, 0) is 0 Å². The summed E-state index contributed by atoms with van der Waals surface area (Å²) in [4.78, 5) is 12.0. The zero-order chi connectivity index (χ0) is 15.2. The van der Waals surface area contributed by atoms with Crippen LogP contribution in [0.1, 0.15) is 30.3 Å². The number of aliphatic hydroxyl groups is 1. The molecule has 5 nitrogen and oxygen atoms in total. The zero-order valence-corrected chi connectivity index (χ0v) is 12.4. The Morgan fingerprint density at radius 2 is 2.29 bits per heavy atom. The summed E-state index contributed by atoms with van der Waals surface area (Å²) in [6, 6.07) is 8.66. The van der Waals surface area contributed by atoms with Crippen LogP contribution < -0.4 is 5.32 Å². The summed E-state index contributed by atoms with van der Waals surface area (Å²) in [6.45, 7) is 1.97. The average molecular weight is 309 g/mol. The molecule has 21 heavy (non-hydrogen) atoms. The van der Waals surface area contributed by atoms with Gasteiger partial charge in [0.1, 0.15) is 5.69 Å². The Morgan fingerprint density at radius 1 is 1.48 bits per heavy atom. The highest BCUT2D eigenvalue weighted by atomic mass is 35.5. The molecule has 1 unspecified atom stereocenters. The summed E-state index contributed by atoms with van der Waals surface area (Å²) in [5.74, 6) is -0.197. The van der Waals surface area contributed by atoms with Crippen LogP contribution in [0.4, 0.5) is 0 Å². The number of amides is 1. The maximum absolute atomic E-state index is 12.0. The van der Waals surface area contributed by atoms with Crippen molar-refractivity contribution in [3.05, 3.63) is 41.1 Å². The predicted molar refractivity (Wildman–Crippen MR) is 80.2 cm³/mol.